The third kappa shape index (κ3) is 3.12. The van der Waals surface area contributed by atoms with E-state index in [0.717, 1.165) is 25.0 Å². The molecule has 0 unspecified atom stereocenters. The minimum Gasteiger partial charge on any atom is -0.370 e. The van der Waals surface area contributed by atoms with Crippen LogP contribution in [0.2, 0.25) is 0 Å². The van der Waals surface area contributed by atoms with Crippen LogP contribution in [0, 0.1) is 11.6 Å². The molecule has 6 heteroatoms. The van der Waals surface area contributed by atoms with Crippen molar-refractivity contribution in [1.82, 2.24) is 4.90 Å². The number of hydrogen-bond donors (Lipinski definition) is 1. The SMILES string of the molecule is NC(=O)C[C@@H]1CCCCN1C(=O)c1ccc(F)c(F)c1. The van der Waals surface area contributed by atoms with E-state index in [-0.39, 0.29) is 18.0 Å². The highest BCUT2D eigenvalue weighted by Crippen LogP contribution is 2.22. The predicted molar refractivity (Wildman–Crippen MR) is 68.8 cm³/mol. The maximum Gasteiger partial charge on any atom is 0.254 e. The Morgan fingerprint density at radius 2 is 2.00 bits per heavy atom. The van der Waals surface area contributed by atoms with E-state index in [1.54, 1.807) is 0 Å². The van der Waals surface area contributed by atoms with Crippen LogP contribution in [-0.2, 0) is 4.79 Å². The van der Waals surface area contributed by atoms with Crippen LogP contribution in [0.5, 0.6) is 0 Å². The molecule has 0 spiro atoms. The fourth-order valence-electron chi connectivity index (χ4n) is 2.51. The van der Waals surface area contributed by atoms with Gasteiger partial charge >= 0.3 is 0 Å². The first-order valence-corrected chi connectivity index (χ1v) is 6.53. The van der Waals surface area contributed by atoms with Gasteiger partial charge in [-0.15, -0.1) is 0 Å². The van der Waals surface area contributed by atoms with E-state index >= 15 is 0 Å². The molecule has 1 aromatic rings. The van der Waals surface area contributed by atoms with Gasteiger partial charge in [-0.05, 0) is 37.5 Å². The standard InChI is InChI=1S/C14H16F2N2O2/c15-11-5-4-9(7-12(11)16)14(20)18-6-2-1-3-10(18)8-13(17)19/h4-5,7,10H,1-3,6,8H2,(H2,17,19)/t10-/m0/s1. The summed E-state index contributed by atoms with van der Waals surface area (Å²) in [4.78, 5) is 24.9. The van der Waals surface area contributed by atoms with Crippen molar-refractivity contribution in [3.8, 4) is 0 Å². The van der Waals surface area contributed by atoms with Crippen LogP contribution >= 0.6 is 0 Å². The Labute approximate surface area is 115 Å². The first kappa shape index (κ1) is 14.4. The normalized spacial score (nSPS) is 18.9. The van der Waals surface area contributed by atoms with Crippen LogP contribution in [0.3, 0.4) is 0 Å². The zero-order valence-corrected chi connectivity index (χ0v) is 10.9. The average molecular weight is 282 g/mol. The molecule has 20 heavy (non-hydrogen) atoms. The Kier molecular flexibility index (Phi) is 4.32. The van der Waals surface area contributed by atoms with Gasteiger partial charge in [-0.3, -0.25) is 9.59 Å². The zero-order chi connectivity index (χ0) is 14.7. The molecule has 1 saturated heterocycles. The first-order chi connectivity index (χ1) is 9.49. The van der Waals surface area contributed by atoms with Gasteiger partial charge in [0.25, 0.3) is 5.91 Å². The molecule has 1 atom stereocenters. The molecule has 0 saturated carbocycles. The quantitative estimate of drug-likeness (QED) is 0.919. The highest BCUT2D eigenvalue weighted by Gasteiger charge is 2.28. The van der Waals surface area contributed by atoms with Gasteiger partial charge in [0.05, 0.1) is 0 Å². The summed E-state index contributed by atoms with van der Waals surface area (Å²) in [6.07, 6.45) is 2.53. The van der Waals surface area contributed by atoms with Gasteiger partial charge in [0.1, 0.15) is 0 Å². The summed E-state index contributed by atoms with van der Waals surface area (Å²) in [6.45, 7) is 0.496. The molecular formula is C14H16F2N2O2. The number of carbonyl (C=O) groups excluding carboxylic acids is 2. The van der Waals surface area contributed by atoms with E-state index in [4.69, 9.17) is 5.73 Å². The largest absolute Gasteiger partial charge is 0.370 e. The Morgan fingerprint density at radius 3 is 2.65 bits per heavy atom. The molecule has 2 N–H and O–H groups in total. The number of nitrogens with two attached hydrogens (primary N) is 1. The van der Waals surface area contributed by atoms with Crippen molar-refractivity contribution < 1.29 is 18.4 Å². The number of primary amides is 1. The van der Waals surface area contributed by atoms with Crippen LogP contribution in [0.25, 0.3) is 0 Å². The molecule has 108 valence electrons. The van der Waals surface area contributed by atoms with Gasteiger partial charge in [0, 0.05) is 24.6 Å². The predicted octanol–water partition coefficient (Wildman–Crippen LogP) is 1.83. The molecule has 0 aromatic heterocycles. The minimum atomic E-state index is -1.06. The Hall–Kier alpha value is -1.98. The number of halogens is 2. The highest BCUT2D eigenvalue weighted by atomic mass is 19.2. The summed E-state index contributed by atoms with van der Waals surface area (Å²) in [5.74, 6) is -2.91. The number of carbonyl (C=O) groups is 2. The Balaban J connectivity index is 2.20. The Bertz CT molecular complexity index is 534. The zero-order valence-electron chi connectivity index (χ0n) is 10.9. The van der Waals surface area contributed by atoms with Crippen molar-refractivity contribution in [1.29, 1.82) is 0 Å². The molecule has 2 amide bonds. The molecule has 0 radical (unpaired) electrons. The van der Waals surface area contributed by atoms with Gasteiger partial charge in [-0.2, -0.15) is 0 Å². The molecule has 4 nitrogen and oxygen atoms in total. The molecule has 1 fully saturated rings. The minimum absolute atomic E-state index is 0.0836. The second-order valence-electron chi connectivity index (χ2n) is 4.95. The summed E-state index contributed by atoms with van der Waals surface area (Å²) in [5, 5.41) is 0. The maximum atomic E-state index is 13.2. The van der Waals surface area contributed by atoms with Crippen LogP contribution in [0.1, 0.15) is 36.0 Å². The van der Waals surface area contributed by atoms with E-state index in [0.29, 0.717) is 13.0 Å². The lowest BCUT2D eigenvalue weighted by molar-refractivity contribution is -0.119. The molecule has 1 aromatic carbocycles. The van der Waals surface area contributed by atoms with Crippen molar-refractivity contribution in [2.75, 3.05) is 6.54 Å². The van der Waals surface area contributed by atoms with Crippen molar-refractivity contribution in [3.63, 3.8) is 0 Å². The number of likely N-dealkylation sites (tertiary alicyclic amines) is 1. The lowest BCUT2D eigenvalue weighted by atomic mass is 9.98. The summed E-state index contributed by atoms with van der Waals surface area (Å²) in [7, 11) is 0. The summed E-state index contributed by atoms with van der Waals surface area (Å²) in [6, 6.07) is 2.79. The molecule has 1 heterocycles. The van der Waals surface area contributed by atoms with E-state index in [1.165, 1.54) is 11.0 Å². The monoisotopic (exact) mass is 282 g/mol. The topological polar surface area (TPSA) is 63.4 Å². The second-order valence-corrected chi connectivity index (χ2v) is 4.95. The third-order valence-electron chi connectivity index (χ3n) is 3.49. The van der Waals surface area contributed by atoms with E-state index in [2.05, 4.69) is 0 Å². The van der Waals surface area contributed by atoms with Crippen LogP contribution < -0.4 is 5.73 Å². The maximum absolute atomic E-state index is 13.2. The molecule has 1 aliphatic heterocycles. The fraction of sp³-hybridized carbons (Fsp3) is 0.429. The first-order valence-electron chi connectivity index (χ1n) is 6.53. The van der Waals surface area contributed by atoms with Gasteiger partial charge in [0.15, 0.2) is 11.6 Å². The van der Waals surface area contributed by atoms with E-state index in [9.17, 15) is 18.4 Å². The van der Waals surface area contributed by atoms with Crippen molar-refractivity contribution in [3.05, 3.63) is 35.4 Å². The number of nitrogens with zero attached hydrogens (tertiary/aromatic N) is 1. The number of rotatable bonds is 3. The van der Waals surface area contributed by atoms with Gasteiger partial charge in [0.2, 0.25) is 5.91 Å². The summed E-state index contributed by atoms with van der Waals surface area (Å²) in [5.41, 5.74) is 5.27. The molecular weight excluding hydrogens is 266 g/mol. The van der Waals surface area contributed by atoms with Crippen molar-refractivity contribution in [2.45, 2.75) is 31.7 Å². The van der Waals surface area contributed by atoms with Crippen molar-refractivity contribution in [2.24, 2.45) is 5.73 Å². The molecule has 1 aliphatic rings. The van der Waals surface area contributed by atoms with Crippen LogP contribution in [0.15, 0.2) is 18.2 Å². The number of hydrogen-bond acceptors (Lipinski definition) is 2. The number of piperidine rings is 1. The number of benzene rings is 1. The van der Waals surface area contributed by atoms with E-state index < -0.39 is 23.4 Å². The molecule has 0 aliphatic carbocycles. The fourth-order valence-corrected chi connectivity index (χ4v) is 2.51. The van der Waals surface area contributed by atoms with Gasteiger partial charge < -0.3 is 10.6 Å². The summed E-state index contributed by atoms with van der Waals surface area (Å²) >= 11 is 0. The smallest absolute Gasteiger partial charge is 0.254 e. The second kappa shape index (κ2) is 5.98. The van der Waals surface area contributed by atoms with Gasteiger partial charge in [-0.25, -0.2) is 8.78 Å². The van der Waals surface area contributed by atoms with Crippen LogP contribution in [-0.4, -0.2) is 29.3 Å². The van der Waals surface area contributed by atoms with Gasteiger partial charge in [-0.1, -0.05) is 0 Å². The molecule has 2 rings (SSSR count). The average Bonchev–Trinajstić information content (AvgIpc) is 2.41. The Morgan fingerprint density at radius 1 is 1.25 bits per heavy atom. The molecule has 0 bridgehead atoms. The lowest BCUT2D eigenvalue weighted by Gasteiger charge is -2.35. The highest BCUT2D eigenvalue weighted by molar-refractivity contribution is 5.94. The third-order valence-corrected chi connectivity index (χ3v) is 3.49. The summed E-state index contributed by atoms with van der Waals surface area (Å²) < 4.78 is 26.1. The lowest BCUT2D eigenvalue weighted by Crippen LogP contribution is -2.45. The number of amides is 2. The van der Waals surface area contributed by atoms with Crippen LogP contribution in [0.4, 0.5) is 8.78 Å². The van der Waals surface area contributed by atoms with Crippen molar-refractivity contribution >= 4 is 11.8 Å². The van der Waals surface area contributed by atoms with E-state index in [1.807, 2.05) is 0 Å².